The van der Waals surface area contributed by atoms with Gasteiger partial charge in [-0.3, -0.25) is 14.4 Å². The molecule has 9 heteroatoms. The average molecular weight is 490 g/mol. The molecule has 1 saturated heterocycles. The number of benzene rings is 2. The number of hydrogen-bond donors (Lipinski definition) is 2. The van der Waals surface area contributed by atoms with Gasteiger partial charge in [0, 0.05) is 49.8 Å². The van der Waals surface area contributed by atoms with Crippen molar-refractivity contribution in [2.45, 2.75) is 33.2 Å². The van der Waals surface area contributed by atoms with E-state index in [1.165, 1.54) is 0 Å². The predicted octanol–water partition coefficient (Wildman–Crippen LogP) is 3.08. The fourth-order valence-electron chi connectivity index (χ4n) is 4.28. The summed E-state index contributed by atoms with van der Waals surface area (Å²) < 4.78 is 7.56. The number of aromatic nitrogens is 2. The Kier molecular flexibility index (Phi) is 7.99. The van der Waals surface area contributed by atoms with Crippen LogP contribution in [0.25, 0.3) is 0 Å². The third-order valence-electron chi connectivity index (χ3n) is 5.97. The van der Waals surface area contributed by atoms with Crippen molar-refractivity contribution in [3.8, 4) is 5.75 Å². The summed E-state index contributed by atoms with van der Waals surface area (Å²) in [6.45, 7) is 5.49. The molecule has 0 spiro atoms. The van der Waals surface area contributed by atoms with Gasteiger partial charge in [0.15, 0.2) is 6.61 Å². The van der Waals surface area contributed by atoms with Gasteiger partial charge in [-0.15, -0.1) is 0 Å². The highest BCUT2D eigenvalue weighted by Crippen LogP contribution is 2.27. The first-order chi connectivity index (χ1) is 17.4. The minimum absolute atomic E-state index is 0.0879. The Hall–Kier alpha value is -4.14. The van der Waals surface area contributed by atoms with Crippen LogP contribution < -0.4 is 20.3 Å². The second-order valence-corrected chi connectivity index (χ2v) is 9.06. The van der Waals surface area contributed by atoms with Crippen LogP contribution in [0.15, 0.2) is 61.2 Å². The monoisotopic (exact) mass is 489 g/mol. The van der Waals surface area contributed by atoms with E-state index in [-0.39, 0.29) is 36.7 Å². The molecule has 1 aliphatic rings. The number of hydrogen-bond acceptors (Lipinski definition) is 5. The molecule has 4 rings (SSSR count). The van der Waals surface area contributed by atoms with Gasteiger partial charge in [0.2, 0.25) is 11.8 Å². The van der Waals surface area contributed by atoms with Crippen molar-refractivity contribution in [2.75, 3.05) is 29.9 Å². The fraction of sp³-hybridized carbons (Fsp3) is 0.333. The van der Waals surface area contributed by atoms with E-state index in [1.54, 1.807) is 41.7 Å². The van der Waals surface area contributed by atoms with Gasteiger partial charge in [0.1, 0.15) is 5.75 Å². The zero-order valence-electron chi connectivity index (χ0n) is 20.6. The van der Waals surface area contributed by atoms with Crippen LogP contribution in [0.4, 0.5) is 11.4 Å². The molecular weight excluding hydrogens is 458 g/mol. The summed E-state index contributed by atoms with van der Waals surface area (Å²) in [5.74, 6) is -0.303. The van der Waals surface area contributed by atoms with Crippen molar-refractivity contribution in [1.82, 2.24) is 14.9 Å². The molecule has 1 aromatic heterocycles. The highest BCUT2D eigenvalue weighted by atomic mass is 16.5. The van der Waals surface area contributed by atoms with Crippen LogP contribution in [0.5, 0.6) is 5.75 Å². The van der Waals surface area contributed by atoms with E-state index >= 15 is 0 Å². The second-order valence-electron chi connectivity index (χ2n) is 9.06. The van der Waals surface area contributed by atoms with Gasteiger partial charge in [0.05, 0.1) is 12.2 Å². The van der Waals surface area contributed by atoms with Crippen LogP contribution in [-0.4, -0.2) is 47.0 Å². The van der Waals surface area contributed by atoms with E-state index in [0.29, 0.717) is 24.5 Å². The molecule has 36 heavy (non-hydrogen) atoms. The summed E-state index contributed by atoms with van der Waals surface area (Å²) in [5, 5.41) is 5.77. The lowest BCUT2D eigenvalue weighted by molar-refractivity contribution is -0.126. The molecule has 1 atom stereocenters. The summed E-state index contributed by atoms with van der Waals surface area (Å²) >= 11 is 0. The summed E-state index contributed by atoms with van der Waals surface area (Å²) in [4.78, 5) is 42.9. The Balaban J connectivity index is 1.22. The van der Waals surface area contributed by atoms with Crippen LogP contribution in [0.3, 0.4) is 0 Å². The van der Waals surface area contributed by atoms with Crippen LogP contribution in [-0.2, 0) is 20.9 Å². The van der Waals surface area contributed by atoms with Gasteiger partial charge in [-0.1, -0.05) is 6.07 Å². The number of aryl methyl sites for hydroxylation is 3. The van der Waals surface area contributed by atoms with E-state index in [1.807, 2.05) is 42.8 Å². The number of imidazole rings is 1. The molecule has 9 nitrogen and oxygen atoms in total. The van der Waals surface area contributed by atoms with Gasteiger partial charge in [-0.2, -0.15) is 0 Å². The maximum atomic E-state index is 12.5. The molecule has 2 aromatic carbocycles. The number of ether oxygens (including phenoxy) is 1. The third kappa shape index (κ3) is 6.71. The first-order valence-electron chi connectivity index (χ1n) is 12.0. The normalized spacial score (nSPS) is 15.1. The molecule has 2 heterocycles. The zero-order valence-corrected chi connectivity index (χ0v) is 20.6. The van der Waals surface area contributed by atoms with E-state index in [0.717, 1.165) is 29.8 Å². The molecule has 0 bridgehead atoms. The zero-order chi connectivity index (χ0) is 25.5. The summed E-state index contributed by atoms with van der Waals surface area (Å²) in [6, 6.07) is 12.8. The first-order valence-corrected chi connectivity index (χ1v) is 12.0. The smallest absolute Gasteiger partial charge is 0.262 e. The Morgan fingerprint density at radius 1 is 1.11 bits per heavy atom. The minimum atomic E-state index is -0.379. The van der Waals surface area contributed by atoms with Crippen LogP contribution in [0.2, 0.25) is 0 Å². The number of amides is 3. The van der Waals surface area contributed by atoms with Gasteiger partial charge in [-0.25, -0.2) is 4.98 Å². The average Bonchev–Trinajstić information content (AvgIpc) is 3.50. The summed E-state index contributed by atoms with van der Waals surface area (Å²) in [7, 11) is 0. The number of rotatable bonds is 10. The topological polar surface area (TPSA) is 106 Å². The fourth-order valence-corrected chi connectivity index (χ4v) is 4.28. The first kappa shape index (κ1) is 25.0. The summed E-state index contributed by atoms with van der Waals surface area (Å²) in [5.41, 5.74) is 3.58. The number of carbonyl (C=O) groups excluding carboxylic acids is 3. The Labute approximate surface area is 210 Å². The molecule has 188 valence electrons. The van der Waals surface area contributed by atoms with E-state index < -0.39 is 0 Å². The molecule has 1 aliphatic heterocycles. The van der Waals surface area contributed by atoms with Gasteiger partial charge >= 0.3 is 0 Å². The highest BCUT2D eigenvalue weighted by molar-refractivity contribution is 6.00. The number of carbonyl (C=O) groups is 3. The predicted molar refractivity (Wildman–Crippen MR) is 137 cm³/mol. The summed E-state index contributed by atoms with van der Waals surface area (Å²) in [6.07, 6.45) is 6.32. The Morgan fingerprint density at radius 2 is 1.86 bits per heavy atom. The van der Waals surface area contributed by atoms with E-state index in [2.05, 4.69) is 15.6 Å². The van der Waals surface area contributed by atoms with Gasteiger partial charge < -0.3 is 24.8 Å². The second kappa shape index (κ2) is 11.5. The number of nitrogens with zero attached hydrogens (tertiary/aromatic N) is 3. The van der Waals surface area contributed by atoms with E-state index in [9.17, 15) is 14.4 Å². The van der Waals surface area contributed by atoms with Crippen LogP contribution in [0.1, 0.15) is 24.0 Å². The van der Waals surface area contributed by atoms with Crippen molar-refractivity contribution in [2.24, 2.45) is 5.92 Å². The Bertz CT molecular complexity index is 1190. The number of nitrogens with one attached hydrogen (secondary N) is 2. The molecule has 0 aliphatic carbocycles. The standard InChI is InChI=1S/C27H31N5O4/c1-19-12-20(2)14-22(13-19)30-25(33)17-36-24-6-4-23(5-7-24)32-16-21(15-26(32)34)27(35)29-8-3-10-31-11-9-28-18-31/h4-7,9,11-14,18,21H,3,8,10,15-17H2,1-2H3,(H,29,35)(H,30,33)/t21-/m1/s1. The van der Waals surface area contributed by atoms with Crippen molar-refractivity contribution in [1.29, 1.82) is 0 Å². The molecule has 0 saturated carbocycles. The molecule has 3 aromatic rings. The molecule has 0 radical (unpaired) electrons. The van der Waals surface area contributed by atoms with Crippen molar-refractivity contribution in [3.63, 3.8) is 0 Å². The minimum Gasteiger partial charge on any atom is -0.484 e. The molecule has 2 N–H and O–H groups in total. The maximum absolute atomic E-state index is 12.5. The van der Waals surface area contributed by atoms with E-state index in [4.69, 9.17) is 4.74 Å². The SMILES string of the molecule is Cc1cc(C)cc(NC(=O)COc2ccc(N3C[C@H](C(=O)NCCCn4ccnc4)CC3=O)cc2)c1. The quantitative estimate of drug-likeness (QED) is 0.426. The Morgan fingerprint density at radius 3 is 2.56 bits per heavy atom. The van der Waals surface area contributed by atoms with Gasteiger partial charge in [0.25, 0.3) is 5.91 Å². The van der Waals surface area contributed by atoms with Crippen molar-refractivity contribution in [3.05, 3.63) is 72.3 Å². The molecule has 0 unspecified atom stereocenters. The highest BCUT2D eigenvalue weighted by Gasteiger charge is 2.34. The number of anilines is 2. The largest absolute Gasteiger partial charge is 0.484 e. The lowest BCUT2D eigenvalue weighted by Gasteiger charge is -2.17. The third-order valence-corrected chi connectivity index (χ3v) is 5.97. The molecule has 1 fully saturated rings. The lowest BCUT2D eigenvalue weighted by Crippen LogP contribution is -2.33. The van der Waals surface area contributed by atoms with Gasteiger partial charge in [-0.05, 0) is 67.8 Å². The molecular formula is C27H31N5O4. The molecule has 3 amide bonds. The van der Waals surface area contributed by atoms with Crippen LogP contribution in [0, 0.1) is 19.8 Å². The lowest BCUT2D eigenvalue weighted by atomic mass is 10.1. The van der Waals surface area contributed by atoms with Crippen molar-refractivity contribution >= 4 is 29.1 Å². The van der Waals surface area contributed by atoms with Crippen LogP contribution >= 0.6 is 0 Å². The van der Waals surface area contributed by atoms with Crippen molar-refractivity contribution < 1.29 is 19.1 Å². The maximum Gasteiger partial charge on any atom is 0.262 e.